The van der Waals surface area contributed by atoms with Crippen molar-refractivity contribution in [3.8, 4) is 0 Å². The molecule has 0 N–H and O–H groups in total. The van der Waals surface area contributed by atoms with Crippen LogP contribution in [0.3, 0.4) is 0 Å². The van der Waals surface area contributed by atoms with Gasteiger partial charge in [0, 0.05) is 18.7 Å². The molecule has 4 nitrogen and oxygen atoms in total. The van der Waals surface area contributed by atoms with E-state index < -0.39 is 5.92 Å². The number of morpholine rings is 1. The molecule has 0 radical (unpaired) electrons. The van der Waals surface area contributed by atoms with E-state index in [0.29, 0.717) is 31.9 Å². The highest BCUT2D eigenvalue weighted by Crippen LogP contribution is 2.32. The molecular weight excluding hydrogens is 374 g/mol. The summed E-state index contributed by atoms with van der Waals surface area (Å²) >= 11 is 0. The maximum atomic E-state index is 14.0. The molecule has 1 fully saturated rings. The number of nitrogens with zero attached hydrogens (tertiary/aromatic N) is 1. The van der Waals surface area contributed by atoms with Gasteiger partial charge >= 0.3 is 0 Å². The molecule has 1 amide bonds. The zero-order valence-electron chi connectivity index (χ0n) is 17.8. The van der Waals surface area contributed by atoms with Crippen LogP contribution in [0, 0.1) is 20.8 Å². The standard InChI is InChI=1S/C26H27NO3/c1-17-15-18(2)23(19(3)16-17)24(26(29)27-11-13-30-14-12-27)25(28)22-10-6-8-20-7-4-5-9-21(20)22/h4-10,15-16,24H,11-14H2,1-3H3. The second-order valence-electron chi connectivity index (χ2n) is 8.07. The second-order valence-corrected chi connectivity index (χ2v) is 8.07. The lowest BCUT2D eigenvalue weighted by atomic mass is 9.82. The average Bonchev–Trinajstić information content (AvgIpc) is 2.75. The minimum Gasteiger partial charge on any atom is -0.378 e. The van der Waals surface area contributed by atoms with Gasteiger partial charge in [-0.05, 0) is 48.2 Å². The van der Waals surface area contributed by atoms with Crippen molar-refractivity contribution >= 4 is 22.5 Å². The van der Waals surface area contributed by atoms with Crippen LogP contribution in [-0.2, 0) is 9.53 Å². The van der Waals surface area contributed by atoms with Gasteiger partial charge in [0.15, 0.2) is 5.78 Å². The van der Waals surface area contributed by atoms with E-state index >= 15 is 0 Å². The quantitative estimate of drug-likeness (QED) is 0.474. The number of rotatable bonds is 4. The summed E-state index contributed by atoms with van der Waals surface area (Å²) in [7, 11) is 0. The minimum atomic E-state index is -0.852. The summed E-state index contributed by atoms with van der Waals surface area (Å²) in [6, 6.07) is 17.7. The normalized spacial score (nSPS) is 15.2. The van der Waals surface area contributed by atoms with Gasteiger partial charge in [0.05, 0.1) is 13.2 Å². The van der Waals surface area contributed by atoms with E-state index in [9.17, 15) is 9.59 Å². The molecular formula is C26H27NO3. The first-order valence-corrected chi connectivity index (χ1v) is 10.4. The lowest BCUT2D eigenvalue weighted by Crippen LogP contribution is -2.45. The number of ketones is 1. The van der Waals surface area contributed by atoms with Gasteiger partial charge in [0.25, 0.3) is 0 Å². The van der Waals surface area contributed by atoms with Crippen LogP contribution in [0.1, 0.15) is 38.5 Å². The first-order chi connectivity index (χ1) is 14.5. The lowest BCUT2D eigenvalue weighted by molar-refractivity contribution is -0.135. The third-order valence-electron chi connectivity index (χ3n) is 5.91. The molecule has 4 heteroatoms. The summed E-state index contributed by atoms with van der Waals surface area (Å²) in [6.45, 7) is 8.06. The van der Waals surface area contributed by atoms with E-state index in [1.54, 1.807) is 4.90 Å². The molecule has 30 heavy (non-hydrogen) atoms. The fourth-order valence-corrected chi connectivity index (χ4v) is 4.58. The van der Waals surface area contributed by atoms with Gasteiger partial charge in [0.2, 0.25) is 5.91 Å². The van der Waals surface area contributed by atoms with Crippen LogP contribution in [0.4, 0.5) is 0 Å². The van der Waals surface area contributed by atoms with Gasteiger partial charge in [-0.3, -0.25) is 9.59 Å². The van der Waals surface area contributed by atoms with E-state index in [1.807, 2.05) is 63.2 Å². The third kappa shape index (κ3) is 3.75. The predicted octanol–water partition coefficient (Wildman–Crippen LogP) is 4.59. The van der Waals surface area contributed by atoms with E-state index in [-0.39, 0.29) is 11.7 Å². The van der Waals surface area contributed by atoms with Crippen molar-refractivity contribution in [2.75, 3.05) is 26.3 Å². The molecule has 0 aliphatic carbocycles. The number of carbonyl (C=O) groups is 2. The Morgan fingerprint density at radius 2 is 1.53 bits per heavy atom. The number of aryl methyl sites for hydroxylation is 3. The molecule has 0 saturated carbocycles. The van der Waals surface area contributed by atoms with E-state index in [1.165, 1.54) is 0 Å². The fraction of sp³-hybridized carbons (Fsp3) is 0.308. The molecule has 0 spiro atoms. The Hall–Kier alpha value is -2.98. The van der Waals surface area contributed by atoms with Crippen LogP contribution in [0.5, 0.6) is 0 Å². The SMILES string of the molecule is Cc1cc(C)c(C(C(=O)c2cccc3ccccc23)C(=O)N2CCOCC2)c(C)c1. The predicted molar refractivity (Wildman–Crippen MR) is 119 cm³/mol. The van der Waals surface area contributed by atoms with Crippen molar-refractivity contribution in [1.29, 1.82) is 0 Å². The maximum absolute atomic E-state index is 14.0. The summed E-state index contributed by atoms with van der Waals surface area (Å²) < 4.78 is 5.42. The Morgan fingerprint density at radius 3 is 2.23 bits per heavy atom. The highest BCUT2D eigenvalue weighted by molar-refractivity contribution is 6.19. The van der Waals surface area contributed by atoms with Crippen LogP contribution in [0.2, 0.25) is 0 Å². The van der Waals surface area contributed by atoms with E-state index in [4.69, 9.17) is 4.74 Å². The summed E-state index contributed by atoms with van der Waals surface area (Å²) in [6.07, 6.45) is 0. The van der Waals surface area contributed by atoms with Crippen LogP contribution >= 0.6 is 0 Å². The summed E-state index contributed by atoms with van der Waals surface area (Å²) in [4.78, 5) is 29.4. The van der Waals surface area contributed by atoms with Gasteiger partial charge in [-0.2, -0.15) is 0 Å². The number of hydrogen-bond donors (Lipinski definition) is 0. The Bertz CT molecular complexity index is 1080. The molecule has 1 aliphatic heterocycles. The number of fused-ring (bicyclic) bond motifs is 1. The largest absolute Gasteiger partial charge is 0.378 e. The summed E-state index contributed by atoms with van der Waals surface area (Å²) in [5, 5.41) is 1.88. The number of Topliss-reactive ketones (excluding diaryl/α,β-unsaturated/α-hetero) is 1. The van der Waals surface area contributed by atoms with Crippen molar-refractivity contribution in [2.45, 2.75) is 26.7 Å². The number of carbonyl (C=O) groups excluding carboxylic acids is 2. The highest BCUT2D eigenvalue weighted by Gasteiger charge is 2.36. The Kier molecular flexibility index (Phi) is 5.69. The van der Waals surface area contributed by atoms with Crippen molar-refractivity contribution in [1.82, 2.24) is 4.90 Å². The molecule has 3 aromatic rings. The first-order valence-electron chi connectivity index (χ1n) is 10.4. The van der Waals surface area contributed by atoms with Crippen LogP contribution in [-0.4, -0.2) is 42.9 Å². The van der Waals surface area contributed by atoms with Crippen LogP contribution < -0.4 is 0 Å². The zero-order valence-corrected chi connectivity index (χ0v) is 17.8. The van der Waals surface area contributed by atoms with Gasteiger partial charge in [0.1, 0.15) is 5.92 Å². The van der Waals surface area contributed by atoms with Gasteiger partial charge in [-0.1, -0.05) is 60.2 Å². The maximum Gasteiger partial charge on any atom is 0.238 e. The highest BCUT2D eigenvalue weighted by atomic mass is 16.5. The molecule has 4 rings (SSSR count). The van der Waals surface area contributed by atoms with E-state index in [2.05, 4.69) is 12.1 Å². The van der Waals surface area contributed by atoms with Crippen molar-refractivity contribution in [2.24, 2.45) is 0 Å². The van der Waals surface area contributed by atoms with Gasteiger partial charge in [-0.25, -0.2) is 0 Å². The minimum absolute atomic E-state index is 0.133. The molecule has 0 bridgehead atoms. The average molecular weight is 402 g/mol. The second kappa shape index (κ2) is 8.41. The van der Waals surface area contributed by atoms with Crippen molar-refractivity contribution in [3.63, 3.8) is 0 Å². The molecule has 3 aromatic carbocycles. The fourth-order valence-electron chi connectivity index (χ4n) is 4.58. The molecule has 1 aliphatic rings. The Morgan fingerprint density at radius 1 is 0.900 bits per heavy atom. The number of ether oxygens (including phenoxy) is 1. The number of benzene rings is 3. The lowest BCUT2D eigenvalue weighted by Gasteiger charge is -2.31. The van der Waals surface area contributed by atoms with Crippen molar-refractivity contribution < 1.29 is 14.3 Å². The monoisotopic (exact) mass is 401 g/mol. The molecule has 0 aromatic heterocycles. The van der Waals surface area contributed by atoms with Crippen LogP contribution in [0.25, 0.3) is 10.8 Å². The summed E-state index contributed by atoms with van der Waals surface area (Å²) in [5.74, 6) is -1.13. The molecule has 1 saturated heterocycles. The third-order valence-corrected chi connectivity index (χ3v) is 5.91. The Balaban J connectivity index is 1.87. The molecule has 1 unspecified atom stereocenters. The molecule has 1 heterocycles. The topological polar surface area (TPSA) is 46.6 Å². The van der Waals surface area contributed by atoms with Gasteiger partial charge in [-0.15, -0.1) is 0 Å². The smallest absolute Gasteiger partial charge is 0.238 e. The molecule has 1 atom stereocenters. The van der Waals surface area contributed by atoms with Crippen molar-refractivity contribution in [3.05, 3.63) is 82.4 Å². The summed E-state index contributed by atoms with van der Waals surface area (Å²) in [5.41, 5.74) is 4.51. The zero-order chi connectivity index (χ0) is 21.3. The number of amides is 1. The first kappa shape index (κ1) is 20.3. The van der Waals surface area contributed by atoms with Crippen LogP contribution in [0.15, 0.2) is 54.6 Å². The van der Waals surface area contributed by atoms with Gasteiger partial charge < -0.3 is 9.64 Å². The number of hydrogen-bond acceptors (Lipinski definition) is 3. The molecule has 154 valence electrons. The van der Waals surface area contributed by atoms with E-state index in [0.717, 1.165) is 33.0 Å². The Labute approximate surface area is 177 Å².